The first kappa shape index (κ1) is 13.1. The predicted octanol–water partition coefficient (Wildman–Crippen LogP) is 1.93. The number of amides is 1. The molecule has 1 amide bonds. The van der Waals surface area contributed by atoms with Crippen LogP contribution < -0.4 is 15.1 Å². The highest BCUT2D eigenvalue weighted by atomic mass is 16.2. The summed E-state index contributed by atoms with van der Waals surface area (Å²) < 4.78 is 0. The number of hydrogen-bond donors (Lipinski definition) is 1. The SMILES string of the molecule is O=C1Cc2ccc(N3CCCC3)cc2N1C1CCNCC1. The number of carbonyl (C=O) groups excluding carboxylic acids is 1. The molecule has 4 nitrogen and oxygen atoms in total. The van der Waals surface area contributed by atoms with Crippen molar-refractivity contribution >= 4 is 17.3 Å². The molecule has 3 heterocycles. The highest BCUT2D eigenvalue weighted by Crippen LogP contribution is 2.36. The Morgan fingerprint density at radius 2 is 1.86 bits per heavy atom. The number of rotatable bonds is 2. The largest absolute Gasteiger partial charge is 0.371 e. The first-order chi connectivity index (χ1) is 10.3. The zero-order valence-corrected chi connectivity index (χ0v) is 12.5. The molecule has 0 bridgehead atoms. The van der Waals surface area contributed by atoms with E-state index in [9.17, 15) is 4.79 Å². The van der Waals surface area contributed by atoms with Gasteiger partial charge in [-0.05, 0) is 56.5 Å². The molecule has 1 N–H and O–H groups in total. The molecule has 0 radical (unpaired) electrons. The maximum atomic E-state index is 12.5. The third-order valence-electron chi connectivity index (χ3n) is 5.08. The van der Waals surface area contributed by atoms with Gasteiger partial charge in [0.05, 0.1) is 6.42 Å². The Morgan fingerprint density at radius 3 is 2.62 bits per heavy atom. The molecule has 4 heteroatoms. The molecule has 112 valence electrons. The minimum absolute atomic E-state index is 0.287. The Labute approximate surface area is 126 Å². The molecule has 4 rings (SSSR count). The van der Waals surface area contributed by atoms with Crippen molar-refractivity contribution in [1.29, 1.82) is 0 Å². The van der Waals surface area contributed by atoms with Crippen LogP contribution >= 0.6 is 0 Å². The van der Waals surface area contributed by atoms with E-state index < -0.39 is 0 Å². The van der Waals surface area contributed by atoms with Crippen molar-refractivity contribution in [2.75, 3.05) is 36.0 Å². The van der Waals surface area contributed by atoms with Gasteiger partial charge in [0.2, 0.25) is 5.91 Å². The summed E-state index contributed by atoms with van der Waals surface area (Å²) in [5, 5.41) is 3.39. The van der Waals surface area contributed by atoms with Crippen molar-refractivity contribution in [1.82, 2.24) is 5.32 Å². The van der Waals surface area contributed by atoms with Crippen LogP contribution in [0, 0.1) is 0 Å². The van der Waals surface area contributed by atoms with E-state index in [1.807, 2.05) is 0 Å². The van der Waals surface area contributed by atoms with Crippen LogP contribution in [-0.2, 0) is 11.2 Å². The van der Waals surface area contributed by atoms with E-state index in [0.29, 0.717) is 12.5 Å². The number of hydrogen-bond acceptors (Lipinski definition) is 3. The summed E-state index contributed by atoms with van der Waals surface area (Å²) in [6.07, 6.45) is 5.29. The standard InChI is InChI=1S/C17H23N3O/c21-17-11-13-3-4-15(19-9-1-2-10-19)12-16(13)20(17)14-5-7-18-8-6-14/h3-4,12,14,18H,1-2,5-11H2. The van der Waals surface area contributed by atoms with Gasteiger partial charge in [-0.1, -0.05) is 6.07 Å². The molecule has 0 saturated carbocycles. The van der Waals surface area contributed by atoms with E-state index in [0.717, 1.165) is 39.0 Å². The van der Waals surface area contributed by atoms with Crippen LogP contribution in [0.5, 0.6) is 0 Å². The molecule has 3 aliphatic rings. The summed E-state index contributed by atoms with van der Waals surface area (Å²) in [6.45, 7) is 4.35. The van der Waals surface area contributed by atoms with E-state index >= 15 is 0 Å². The Kier molecular flexibility index (Phi) is 3.34. The first-order valence-electron chi connectivity index (χ1n) is 8.23. The van der Waals surface area contributed by atoms with E-state index in [-0.39, 0.29) is 5.91 Å². The molecule has 21 heavy (non-hydrogen) atoms. The molecule has 2 saturated heterocycles. The van der Waals surface area contributed by atoms with Crippen molar-refractivity contribution in [3.05, 3.63) is 23.8 Å². The number of carbonyl (C=O) groups is 1. The number of nitrogens with zero attached hydrogens (tertiary/aromatic N) is 2. The van der Waals surface area contributed by atoms with E-state index in [1.165, 1.54) is 29.8 Å². The van der Waals surface area contributed by atoms with Crippen LogP contribution in [0.15, 0.2) is 18.2 Å². The summed E-state index contributed by atoms with van der Waals surface area (Å²) in [5.41, 5.74) is 3.68. The molecular weight excluding hydrogens is 262 g/mol. The van der Waals surface area contributed by atoms with Gasteiger partial charge in [0, 0.05) is 30.5 Å². The lowest BCUT2D eigenvalue weighted by Crippen LogP contribution is -2.44. The summed E-state index contributed by atoms with van der Waals surface area (Å²) in [5.74, 6) is 0.287. The van der Waals surface area contributed by atoms with Gasteiger partial charge < -0.3 is 15.1 Å². The lowest BCUT2D eigenvalue weighted by Gasteiger charge is -2.32. The lowest BCUT2D eigenvalue weighted by molar-refractivity contribution is -0.117. The third-order valence-corrected chi connectivity index (χ3v) is 5.08. The Morgan fingerprint density at radius 1 is 1.10 bits per heavy atom. The van der Waals surface area contributed by atoms with Gasteiger partial charge in [-0.25, -0.2) is 0 Å². The Hall–Kier alpha value is -1.55. The minimum atomic E-state index is 0.287. The quantitative estimate of drug-likeness (QED) is 0.902. The molecule has 0 unspecified atom stereocenters. The van der Waals surface area contributed by atoms with Crippen molar-refractivity contribution in [3.8, 4) is 0 Å². The Bertz CT molecular complexity index is 545. The zero-order valence-electron chi connectivity index (χ0n) is 12.5. The highest BCUT2D eigenvalue weighted by Gasteiger charge is 2.34. The first-order valence-corrected chi connectivity index (χ1v) is 8.23. The van der Waals surface area contributed by atoms with Crippen LogP contribution in [0.25, 0.3) is 0 Å². The van der Waals surface area contributed by atoms with E-state index in [2.05, 4.69) is 33.3 Å². The average molecular weight is 285 g/mol. The van der Waals surface area contributed by atoms with Crippen LogP contribution in [-0.4, -0.2) is 38.1 Å². The normalized spacial score (nSPS) is 23.0. The van der Waals surface area contributed by atoms with Crippen LogP contribution in [0.4, 0.5) is 11.4 Å². The monoisotopic (exact) mass is 285 g/mol. The molecule has 2 fully saturated rings. The molecule has 0 spiro atoms. The maximum Gasteiger partial charge on any atom is 0.231 e. The van der Waals surface area contributed by atoms with Gasteiger partial charge >= 0.3 is 0 Å². The van der Waals surface area contributed by atoms with Crippen molar-refractivity contribution in [2.24, 2.45) is 0 Å². The second kappa shape index (κ2) is 5.34. The van der Waals surface area contributed by atoms with Gasteiger partial charge in [-0.2, -0.15) is 0 Å². The van der Waals surface area contributed by atoms with Crippen molar-refractivity contribution in [2.45, 2.75) is 38.1 Å². The maximum absolute atomic E-state index is 12.5. The van der Waals surface area contributed by atoms with Crippen LogP contribution in [0.3, 0.4) is 0 Å². The topological polar surface area (TPSA) is 35.6 Å². The highest BCUT2D eigenvalue weighted by molar-refractivity contribution is 6.02. The number of nitrogens with one attached hydrogen (secondary N) is 1. The summed E-state index contributed by atoms with van der Waals surface area (Å²) in [7, 11) is 0. The molecule has 0 atom stereocenters. The average Bonchev–Trinajstić information content (AvgIpc) is 3.14. The van der Waals surface area contributed by atoms with Crippen molar-refractivity contribution < 1.29 is 4.79 Å². The fraction of sp³-hybridized carbons (Fsp3) is 0.588. The summed E-state index contributed by atoms with van der Waals surface area (Å²) in [6, 6.07) is 7.01. The lowest BCUT2D eigenvalue weighted by atomic mass is 10.0. The fourth-order valence-corrected chi connectivity index (χ4v) is 3.95. The molecule has 3 aliphatic heterocycles. The van der Waals surface area contributed by atoms with Crippen LogP contribution in [0.1, 0.15) is 31.2 Å². The second-order valence-corrected chi connectivity index (χ2v) is 6.43. The van der Waals surface area contributed by atoms with Crippen molar-refractivity contribution in [3.63, 3.8) is 0 Å². The number of fused-ring (bicyclic) bond motifs is 1. The van der Waals surface area contributed by atoms with Crippen LogP contribution in [0.2, 0.25) is 0 Å². The van der Waals surface area contributed by atoms with Gasteiger partial charge in [0.1, 0.15) is 0 Å². The molecular formula is C17H23N3O. The minimum Gasteiger partial charge on any atom is -0.371 e. The van der Waals surface area contributed by atoms with Gasteiger partial charge in [0.15, 0.2) is 0 Å². The Balaban J connectivity index is 1.65. The molecule has 0 aliphatic carbocycles. The molecule has 1 aromatic rings. The number of benzene rings is 1. The number of piperidine rings is 1. The third kappa shape index (κ3) is 2.31. The van der Waals surface area contributed by atoms with Gasteiger partial charge in [0.25, 0.3) is 0 Å². The molecule has 1 aromatic carbocycles. The van der Waals surface area contributed by atoms with E-state index in [1.54, 1.807) is 0 Å². The summed E-state index contributed by atoms with van der Waals surface area (Å²) >= 11 is 0. The van der Waals surface area contributed by atoms with E-state index in [4.69, 9.17) is 0 Å². The smallest absolute Gasteiger partial charge is 0.231 e. The molecule has 0 aromatic heterocycles. The van der Waals surface area contributed by atoms with Gasteiger partial charge in [-0.15, -0.1) is 0 Å². The second-order valence-electron chi connectivity index (χ2n) is 6.43. The zero-order chi connectivity index (χ0) is 14.2. The fourth-order valence-electron chi connectivity index (χ4n) is 3.95. The number of anilines is 2. The summed E-state index contributed by atoms with van der Waals surface area (Å²) in [4.78, 5) is 17.0. The predicted molar refractivity (Wildman–Crippen MR) is 85.0 cm³/mol. The van der Waals surface area contributed by atoms with Gasteiger partial charge in [-0.3, -0.25) is 4.79 Å².